The van der Waals surface area contributed by atoms with Crippen molar-refractivity contribution < 1.29 is 0 Å². The molecule has 0 spiro atoms. The van der Waals surface area contributed by atoms with Crippen LogP contribution < -0.4 is 5.32 Å². The summed E-state index contributed by atoms with van der Waals surface area (Å²) < 4.78 is 0. The van der Waals surface area contributed by atoms with Crippen LogP contribution >= 0.6 is 0 Å². The third kappa shape index (κ3) is 1.52. The highest BCUT2D eigenvalue weighted by Gasteiger charge is 2.50. The maximum absolute atomic E-state index is 3.77. The second-order valence-corrected chi connectivity index (χ2v) is 4.56. The Hall–Kier alpha value is -0.0400. The Bertz CT molecular complexity index is 145. The van der Waals surface area contributed by atoms with Crippen molar-refractivity contribution in [3.8, 4) is 0 Å². The third-order valence-corrected chi connectivity index (χ3v) is 3.68. The second kappa shape index (κ2) is 3.37. The average Bonchev–Trinajstić information content (AvgIpc) is 2.66. The molecule has 0 atom stereocenters. The molecule has 2 fully saturated rings. The Kier molecular flexibility index (Phi) is 2.40. The van der Waals surface area contributed by atoms with Gasteiger partial charge in [0, 0.05) is 5.54 Å². The Balaban J connectivity index is 1.70. The molecule has 0 bridgehead atoms. The van der Waals surface area contributed by atoms with Crippen LogP contribution in [0.25, 0.3) is 0 Å². The molecule has 0 aromatic heterocycles. The Morgan fingerprint density at radius 3 is 2.50 bits per heavy atom. The van der Waals surface area contributed by atoms with Crippen LogP contribution in [0.3, 0.4) is 0 Å². The highest BCUT2D eigenvalue weighted by molar-refractivity contribution is 5.08. The lowest BCUT2D eigenvalue weighted by Gasteiger charge is -2.35. The minimum absolute atomic E-state index is 0.646. The molecule has 1 N–H and O–H groups in total. The number of rotatable bonds is 5. The molecule has 0 saturated heterocycles. The second-order valence-electron chi connectivity index (χ2n) is 4.56. The largest absolute Gasteiger partial charge is 0.311 e. The summed E-state index contributed by atoms with van der Waals surface area (Å²) in [7, 11) is 0. The van der Waals surface area contributed by atoms with Crippen LogP contribution in [0.5, 0.6) is 0 Å². The van der Waals surface area contributed by atoms with Gasteiger partial charge in [0.25, 0.3) is 0 Å². The smallest absolute Gasteiger partial charge is 0.0211 e. The molecule has 2 aliphatic carbocycles. The van der Waals surface area contributed by atoms with Crippen molar-refractivity contribution in [2.75, 3.05) is 6.54 Å². The first-order chi connectivity index (χ1) is 5.87. The van der Waals surface area contributed by atoms with Crippen LogP contribution in [0.1, 0.15) is 51.9 Å². The van der Waals surface area contributed by atoms with Crippen molar-refractivity contribution in [3.05, 3.63) is 0 Å². The van der Waals surface area contributed by atoms with Gasteiger partial charge in [-0.1, -0.05) is 19.8 Å². The van der Waals surface area contributed by atoms with E-state index in [9.17, 15) is 0 Å². The highest BCUT2D eigenvalue weighted by atomic mass is 15.0. The Labute approximate surface area is 75.9 Å². The van der Waals surface area contributed by atoms with Gasteiger partial charge in [0.15, 0.2) is 0 Å². The number of hydrogen-bond acceptors (Lipinski definition) is 1. The van der Waals surface area contributed by atoms with Crippen molar-refractivity contribution in [3.63, 3.8) is 0 Å². The fourth-order valence-electron chi connectivity index (χ4n) is 2.34. The van der Waals surface area contributed by atoms with E-state index >= 15 is 0 Å². The number of unbranched alkanes of at least 4 members (excludes halogenated alkanes) is 1. The molecule has 12 heavy (non-hydrogen) atoms. The molecular weight excluding hydrogens is 146 g/mol. The zero-order chi connectivity index (χ0) is 8.44. The van der Waals surface area contributed by atoms with Gasteiger partial charge in [0.1, 0.15) is 0 Å². The molecule has 1 heteroatoms. The fourth-order valence-corrected chi connectivity index (χ4v) is 2.34. The van der Waals surface area contributed by atoms with Crippen LogP contribution in [0.2, 0.25) is 0 Å². The molecular formula is C11H21N. The summed E-state index contributed by atoms with van der Waals surface area (Å²) in [5.74, 6) is 1.05. The van der Waals surface area contributed by atoms with E-state index in [1.165, 1.54) is 51.5 Å². The number of hydrogen-bond donors (Lipinski definition) is 1. The van der Waals surface area contributed by atoms with Gasteiger partial charge in [-0.2, -0.15) is 0 Å². The first-order valence-corrected chi connectivity index (χ1v) is 5.62. The normalized spacial score (nSPS) is 26.8. The van der Waals surface area contributed by atoms with E-state index in [1.54, 1.807) is 0 Å². The van der Waals surface area contributed by atoms with Gasteiger partial charge in [-0.05, 0) is 44.6 Å². The van der Waals surface area contributed by atoms with Crippen LogP contribution in [0.4, 0.5) is 0 Å². The van der Waals surface area contributed by atoms with Crippen molar-refractivity contribution in [1.82, 2.24) is 5.32 Å². The molecule has 2 rings (SSSR count). The molecule has 0 amide bonds. The lowest BCUT2D eigenvalue weighted by molar-refractivity contribution is 0.211. The SMILES string of the molecule is CCCCNC1(C2CCC2)CC1. The molecule has 0 heterocycles. The lowest BCUT2D eigenvalue weighted by Crippen LogP contribution is -2.42. The van der Waals surface area contributed by atoms with E-state index in [4.69, 9.17) is 0 Å². The summed E-state index contributed by atoms with van der Waals surface area (Å²) >= 11 is 0. The summed E-state index contributed by atoms with van der Waals surface area (Å²) in [6.45, 7) is 3.53. The standard InChI is InChI=1S/C11H21N/c1-2-3-9-12-11(7-8-11)10-5-4-6-10/h10,12H,2-9H2,1H3. The van der Waals surface area contributed by atoms with E-state index in [1.807, 2.05) is 0 Å². The monoisotopic (exact) mass is 167 g/mol. The van der Waals surface area contributed by atoms with E-state index in [0.29, 0.717) is 5.54 Å². The highest BCUT2D eigenvalue weighted by Crippen LogP contribution is 2.50. The van der Waals surface area contributed by atoms with E-state index in [2.05, 4.69) is 12.2 Å². The average molecular weight is 167 g/mol. The molecule has 0 aromatic rings. The predicted octanol–water partition coefficient (Wildman–Crippen LogP) is 2.71. The predicted molar refractivity (Wildman–Crippen MR) is 52.2 cm³/mol. The van der Waals surface area contributed by atoms with Crippen LogP contribution in [0.15, 0.2) is 0 Å². The van der Waals surface area contributed by atoms with Crippen molar-refractivity contribution in [2.45, 2.75) is 57.4 Å². The first kappa shape index (κ1) is 8.55. The quantitative estimate of drug-likeness (QED) is 0.621. The van der Waals surface area contributed by atoms with E-state index in [-0.39, 0.29) is 0 Å². The zero-order valence-electron chi connectivity index (χ0n) is 8.23. The molecule has 2 saturated carbocycles. The van der Waals surface area contributed by atoms with Gasteiger partial charge in [0.05, 0.1) is 0 Å². The molecule has 0 radical (unpaired) electrons. The molecule has 0 aliphatic heterocycles. The minimum atomic E-state index is 0.646. The van der Waals surface area contributed by atoms with Gasteiger partial charge in [-0.25, -0.2) is 0 Å². The third-order valence-electron chi connectivity index (χ3n) is 3.68. The maximum Gasteiger partial charge on any atom is 0.0211 e. The Morgan fingerprint density at radius 1 is 1.33 bits per heavy atom. The van der Waals surface area contributed by atoms with Crippen LogP contribution in [-0.4, -0.2) is 12.1 Å². The van der Waals surface area contributed by atoms with Gasteiger partial charge in [0.2, 0.25) is 0 Å². The fraction of sp³-hybridized carbons (Fsp3) is 1.00. The minimum Gasteiger partial charge on any atom is -0.311 e. The molecule has 1 nitrogen and oxygen atoms in total. The number of nitrogens with one attached hydrogen (secondary N) is 1. The molecule has 0 aromatic carbocycles. The van der Waals surface area contributed by atoms with Crippen LogP contribution in [0, 0.1) is 5.92 Å². The summed E-state index contributed by atoms with van der Waals surface area (Å²) in [5.41, 5.74) is 0.646. The van der Waals surface area contributed by atoms with Crippen molar-refractivity contribution in [1.29, 1.82) is 0 Å². The van der Waals surface area contributed by atoms with E-state index in [0.717, 1.165) is 5.92 Å². The maximum atomic E-state index is 3.77. The molecule has 0 unspecified atom stereocenters. The van der Waals surface area contributed by atoms with Gasteiger partial charge < -0.3 is 5.32 Å². The first-order valence-electron chi connectivity index (χ1n) is 5.62. The molecule has 70 valence electrons. The summed E-state index contributed by atoms with van der Waals surface area (Å²) in [6, 6.07) is 0. The zero-order valence-corrected chi connectivity index (χ0v) is 8.23. The topological polar surface area (TPSA) is 12.0 Å². The van der Waals surface area contributed by atoms with Crippen LogP contribution in [-0.2, 0) is 0 Å². The summed E-state index contributed by atoms with van der Waals surface area (Å²) in [6.07, 6.45) is 10.1. The Morgan fingerprint density at radius 2 is 2.08 bits per heavy atom. The van der Waals surface area contributed by atoms with Crippen molar-refractivity contribution >= 4 is 0 Å². The van der Waals surface area contributed by atoms with Gasteiger partial charge in [-0.15, -0.1) is 0 Å². The molecule has 2 aliphatic rings. The lowest BCUT2D eigenvalue weighted by atomic mass is 9.78. The van der Waals surface area contributed by atoms with Gasteiger partial charge in [-0.3, -0.25) is 0 Å². The van der Waals surface area contributed by atoms with E-state index < -0.39 is 0 Å². The van der Waals surface area contributed by atoms with Gasteiger partial charge >= 0.3 is 0 Å². The summed E-state index contributed by atoms with van der Waals surface area (Å²) in [4.78, 5) is 0. The summed E-state index contributed by atoms with van der Waals surface area (Å²) in [5, 5.41) is 3.77. The van der Waals surface area contributed by atoms with Crippen molar-refractivity contribution in [2.24, 2.45) is 5.92 Å².